The van der Waals surface area contributed by atoms with Crippen LogP contribution in [0.15, 0.2) is 77.4 Å². The molecule has 0 aliphatic carbocycles. The third kappa shape index (κ3) is 2.67. The molecule has 1 atom stereocenters. The van der Waals surface area contributed by atoms with Crippen LogP contribution in [-0.2, 0) is 0 Å². The van der Waals surface area contributed by atoms with Gasteiger partial charge in [-0.05, 0) is 29.8 Å². The van der Waals surface area contributed by atoms with Gasteiger partial charge >= 0.3 is 0 Å². The van der Waals surface area contributed by atoms with Crippen LogP contribution in [0, 0.1) is 0 Å². The lowest BCUT2D eigenvalue weighted by Gasteiger charge is -2.16. The second-order valence-corrected chi connectivity index (χ2v) is 5.43. The monoisotopic (exact) mass is 317 g/mol. The van der Waals surface area contributed by atoms with Crippen LogP contribution in [0.4, 0.5) is 0 Å². The van der Waals surface area contributed by atoms with E-state index in [1.807, 2.05) is 54.6 Å². The number of hydrogen-bond donors (Lipinski definition) is 2. The molecule has 0 saturated carbocycles. The van der Waals surface area contributed by atoms with Crippen molar-refractivity contribution in [1.29, 1.82) is 0 Å². The van der Waals surface area contributed by atoms with E-state index < -0.39 is 6.04 Å². The second-order valence-electron chi connectivity index (χ2n) is 5.43. The minimum atomic E-state index is -0.392. The molecule has 2 aromatic carbocycles. The van der Waals surface area contributed by atoms with Gasteiger partial charge in [-0.15, -0.1) is 0 Å². The molecule has 5 heteroatoms. The van der Waals surface area contributed by atoms with Gasteiger partial charge in [0.15, 0.2) is 5.76 Å². The van der Waals surface area contributed by atoms with Crippen molar-refractivity contribution in [3.8, 4) is 0 Å². The molecular weight excluding hydrogens is 302 g/mol. The summed E-state index contributed by atoms with van der Waals surface area (Å²) < 4.78 is 5.18. The topological polar surface area (TPSA) is 70.9 Å². The fraction of sp³-hybridized carbons (Fsp3) is 0.0526. The highest BCUT2D eigenvalue weighted by Gasteiger charge is 2.22. The van der Waals surface area contributed by atoms with Gasteiger partial charge in [0, 0.05) is 0 Å². The number of H-pyrrole nitrogens is 1. The third-order valence-electron chi connectivity index (χ3n) is 3.83. The number of amides is 1. The molecule has 0 spiro atoms. The number of carbonyl (C=O) groups excluding carboxylic acids is 1. The SMILES string of the molecule is O=C(NC(c1ccccc1)c1nc2ccccc2[nH]1)c1ccco1. The highest BCUT2D eigenvalue weighted by Crippen LogP contribution is 2.23. The predicted octanol–water partition coefficient (Wildman–Crippen LogP) is 3.68. The van der Waals surface area contributed by atoms with Gasteiger partial charge in [0.25, 0.3) is 5.91 Å². The van der Waals surface area contributed by atoms with Crippen molar-refractivity contribution in [2.45, 2.75) is 6.04 Å². The maximum Gasteiger partial charge on any atom is 0.287 e. The van der Waals surface area contributed by atoms with Crippen LogP contribution in [0.3, 0.4) is 0 Å². The van der Waals surface area contributed by atoms with Crippen LogP contribution in [-0.4, -0.2) is 15.9 Å². The molecule has 0 aliphatic rings. The number of aromatic nitrogens is 2. The molecule has 0 radical (unpaired) electrons. The minimum absolute atomic E-state index is 0.270. The molecule has 0 aliphatic heterocycles. The van der Waals surface area contributed by atoms with Crippen LogP contribution in [0.5, 0.6) is 0 Å². The summed E-state index contributed by atoms with van der Waals surface area (Å²) in [5, 5.41) is 2.99. The summed E-state index contributed by atoms with van der Waals surface area (Å²) in [6.45, 7) is 0. The smallest absolute Gasteiger partial charge is 0.287 e. The van der Waals surface area contributed by atoms with Crippen LogP contribution < -0.4 is 5.32 Å². The standard InChI is InChI=1S/C19H15N3O2/c23-19(16-11-6-12-24-16)22-17(13-7-2-1-3-8-13)18-20-14-9-4-5-10-15(14)21-18/h1-12,17H,(H,20,21)(H,22,23). The number of para-hydroxylation sites is 2. The Kier molecular flexibility index (Phi) is 3.59. The summed E-state index contributed by atoms with van der Waals surface area (Å²) in [6.07, 6.45) is 1.48. The zero-order valence-electron chi connectivity index (χ0n) is 12.8. The summed E-state index contributed by atoms with van der Waals surface area (Å²) >= 11 is 0. The van der Waals surface area contributed by atoms with E-state index in [9.17, 15) is 4.79 Å². The molecule has 24 heavy (non-hydrogen) atoms. The predicted molar refractivity (Wildman–Crippen MR) is 90.6 cm³/mol. The quantitative estimate of drug-likeness (QED) is 0.603. The molecule has 2 aromatic heterocycles. The summed E-state index contributed by atoms with van der Waals surface area (Å²) in [4.78, 5) is 20.3. The van der Waals surface area contributed by atoms with Crippen molar-refractivity contribution < 1.29 is 9.21 Å². The molecule has 0 saturated heterocycles. The number of rotatable bonds is 4. The first kappa shape index (κ1) is 14.3. The first-order valence-electron chi connectivity index (χ1n) is 7.65. The number of aromatic amines is 1. The normalized spacial score (nSPS) is 12.2. The molecule has 118 valence electrons. The zero-order valence-corrected chi connectivity index (χ0v) is 12.8. The molecule has 0 fully saturated rings. The van der Waals surface area contributed by atoms with E-state index in [0.717, 1.165) is 16.6 Å². The van der Waals surface area contributed by atoms with Crippen LogP contribution >= 0.6 is 0 Å². The number of nitrogens with one attached hydrogen (secondary N) is 2. The summed E-state index contributed by atoms with van der Waals surface area (Å²) in [7, 11) is 0. The number of benzene rings is 2. The molecule has 4 aromatic rings. The van der Waals surface area contributed by atoms with Crippen LogP contribution in [0.2, 0.25) is 0 Å². The van der Waals surface area contributed by atoms with E-state index in [1.54, 1.807) is 12.1 Å². The van der Waals surface area contributed by atoms with Crippen LogP contribution in [0.25, 0.3) is 11.0 Å². The van der Waals surface area contributed by atoms with Crippen molar-refractivity contribution in [2.75, 3.05) is 0 Å². The van der Waals surface area contributed by atoms with E-state index in [4.69, 9.17) is 4.42 Å². The first-order valence-corrected chi connectivity index (χ1v) is 7.65. The molecule has 1 unspecified atom stereocenters. The van der Waals surface area contributed by atoms with Gasteiger partial charge in [0.2, 0.25) is 0 Å². The fourth-order valence-electron chi connectivity index (χ4n) is 2.67. The lowest BCUT2D eigenvalue weighted by atomic mass is 10.1. The molecular formula is C19H15N3O2. The number of fused-ring (bicyclic) bond motifs is 1. The molecule has 1 amide bonds. The largest absolute Gasteiger partial charge is 0.459 e. The van der Waals surface area contributed by atoms with Crippen molar-refractivity contribution >= 4 is 16.9 Å². The molecule has 2 N–H and O–H groups in total. The Morgan fingerprint density at radius 1 is 1.00 bits per heavy atom. The van der Waals surface area contributed by atoms with Gasteiger partial charge in [0.1, 0.15) is 11.9 Å². The molecule has 4 rings (SSSR count). The maximum absolute atomic E-state index is 12.4. The number of furan rings is 1. The van der Waals surface area contributed by atoms with E-state index in [-0.39, 0.29) is 11.7 Å². The van der Waals surface area contributed by atoms with Crippen LogP contribution in [0.1, 0.15) is 28.0 Å². The van der Waals surface area contributed by atoms with Crippen molar-refractivity contribution in [2.24, 2.45) is 0 Å². The summed E-state index contributed by atoms with van der Waals surface area (Å²) in [6, 6.07) is 20.4. The Morgan fingerprint density at radius 2 is 1.79 bits per heavy atom. The van der Waals surface area contributed by atoms with E-state index in [0.29, 0.717) is 5.82 Å². The van der Waals surface area contributed by atoms with Crippen molar-refractivity contribution in [3.05, 3.63) is 90.1 Å². The Bertz CT molecular complexity index is 926. The van der Waals surface area contributed by atoms with Gasteiger partial charge in [-0.1, -0.05) is 42.5 Å². The number of imidazole rings is 1. The molecule has 2 heterocycles. The average molecular weight is 317 g/mol. The lowest BCUT2D eigenvalue weighted by molar-refractivity contribution is 0.0913. The van der Waals surface area contributed by atoms with Gasteiger partial charge in [-0.2, -0.15) is 0 Å². The summed E-state index contributed by atoms with van der Waals surface area (Å²) in [5.74, 6) is 0.670. The number of hydrogen-bond acceptors (Lipinski definition) is 3. The molecule has 0 bridgehead atoms. The number of nitrogens with zero attached hydrogens (tertiary/aromatic N) is 1. The van der Waals surface area contributed by atoms with Gasteiger partial charge in [0.05, 0.1) is 17.3 Å². The second kappa shape index (κ2) is 6.04. The minimum Gasteiger partial charge on any atom is -0.459 e. The zero-order chi connectivity index (χ0) is 16.4. The lowest BCUT2D eigenvalue weighted by Crippen LogP contribution is -2.29. The van der Waals surface area contributed by atoms with E-state index in [1.165, 1.54) is 6.26 Å². The summed E-state index contributed by atoms with van der Waals surface area (Å²) in [5.41, 5.74) is 2.73. The molecule has 5 nitrogen and oxygen atoms in total. The Hall–Kier alpha value is -3.34. The van der Waals surface area contributed by atoms with Gasteiger partial charge in [-0.25, -0.2) is 4.98 Å². The van der Waals surface area contributed by atoms with E-state index in [2.05, 4.69) is 15.3 Å². The average Bonchev–Trinajstić information content (AvgIpc) is 3.29. The van der Waals surface area contributed by atoms with Crippen molar-refractivity contribution in [3.63, 3.8) is 0 Å². The van der Waals surface area contributed by atoms with Gasteiger partial charge in [-0.3, -0.25) is 4.79 Å². The third-order valence-corrected chi connectivity index (χ3v) is 3.83. The Balaban J connectivity index is 1.74. The van der Waals surface area contributed by atoms with Gasteiger partial charge < -0.3 is 14.7 Å². The first-order chi connectivity index (χ1) is 11.8. The van der Waals surface area contributed by atoms with Crippen molar-refractivity contribution in [1.82, 2.24) is 15.3 Å². The maximum atomic E-state index is 12.4. The van der Waals surface area contributed by atoms with E-state index >= 15 is 0 Å². The fourth-order valence-corrected chi connectivity index (χ4v) is 2.67. The highest BCUT2D eigenvalue weighted by molar-refractivity contribution is 5.92. The number of carbonyl (C=O) groups is 1. The highest BCUT2D eigenvalue weighted by atomic mass is 16.3. The Morgan fingerprint density at radius 3 is 2.54 bits per heavy atom. The Labute approximate surface area is 138 Å².